The van der Waals surface area contributed by atoms with Crippen molar-refractivity contribution in [3.05, 3.63) is 59.7 Å². The second-order valence-corrected chi connectivity index (χ2v) is 6.29. The van der Waals surface area contributed by atoms with Crippen LogP contribution in [-0.2, 0) is 21.0 Å². The van der Waals surface area contributed by atoms with Crippen LogP contribution in [-0.4, -0.2) is 21.0 Å². The zero-order valence-electron chi connectivity index (χ0n) is 12.9. The molecule has 0 aliphatic carbocycles. The molecule has 0 N–H and O–H groups in total. The lowest BCUT2D eigenvalue weighted by molar-refractivity contribution is -0.139. The van der Waals surface area contributed by atoms with Crippen molar-refractivity contribution < 1.29 is 35.3 Å². The number of carbonyl (C=O) groups is 1. The molecule has 0 aromatic heterocycles. The highest BCUT2D eigenvalue weighted by atomic mass is 32.2. The summed E-state index contributed by atoms with van der Waals surface area (Å²) < 4.78 is 72.7. The van der Waals surface area contributed by atoms with Crippen LogP contribution in [0.15, 0.2) is 53.4 Å². The second kappa shape index (κ2) is 7.14. The third-order valence-electron chi connectivity index (χ3n) is 3.03. The van der Waals surface area contributed by atoms with E-state index in [1.807, 2.05) is 0 Å². The van der Waals surface area contributed by atoms with Crippen LogP contribution in [0.25, 0.3) is 0 Å². The van der Waals surface area contributed by atoms with Crippen LogP contribution < -0.4 is 4.18 Å². The Kier molecular flexibility index (Phi) is 5.36. The molecule has 25 heavy (non-hydrogen) atoms. The minimum atomic E-state index is -4.85. The SMILES string of the molecule is CCOC(=O)c1ccc(OS(=O)(=O)c2ccccc2C(F)(F)F)cc1. The van der Waals surface area contributed by atoms with Gasteiger partial charge in [0.05, 0.1) is 17.7 Å². The fraction of sp³-hybridized carbons (Fsp3) is 0.188. The van der Waals surface area contributed by atoms with Gasteiger partial charge in [0.1, 0.15) is 10.6 Å². The molecular weight excluding hydrogens is 361 g/mol. The van der Waals surface area contributed by atoms with E-state index in [2.05, 4.69) is 0 Å². The molecule has 0 spiro atoms. The number of rotatable bonds is 5. The van der Waals surface area contributed by atoms with Crippen molar-refractivity contribution in [3.63, 3.8) is 0 Å². The summed E-state index contributed by atoms with van der Waals surface area (Å²) in [6.07, 6.45) is -4.85. The highest BCUT2D eigenvalue weighted by molar-refractivity contribution is 7.87. The van der Waals surface area contributed by atoms with E-state index in [0.717, 1.165) is 30.3 Å². The van der Waals surface area contributed by atoms with Crippen LogP contribution in [0, 0.1) is 0 Å². The summed E-state index contributed by atoms with van der Waals surface area (Å²) >= 11 is 0. The average molecular weight is 374 g/mol. The predicted octanol–water partition coefficient (Wildman–Crippen LogP) is 3.65. The first-order valence-electron chi connectivity index (χ1n) is 7.03. The van der Waals surface area contributed by atoms with Crippen molar-refractivity contribution in [3.8, 4) is 5.75 Å². The van der Waals surface area contributed by atoms with E-state index in [4.69, 9.17) is 8.92 Å². The summed E-state index contributed by atoms with van der Waals surface area (Å²) in [4.78, 5) is 10.5. The topological polar surface area (TPSA) is 69.7 Å². The fourth-order valence-corrected chi connectivity index (χ4v) is 3.10. The van der Waals surface area contributed by atoms with E-state index in [1.165, 1.54) is 12.1 Å². The van der Waals surface area contributed by atoms with Gasteiger partial charge in [0.2, 0.25) is 0 Å². The van der Waals surface area contributed by atoms with Gasteiger partial charge >= 0.3 is 22.3 Å². The fourth-order valence-electron chi connectivity index (χ4n) is 1.95. The van der Waals surface area contributed by atoms with E-state index in [1.54, 1.807) is 6.92 Å². The summed E-state index contributed by atoms with van der Waals surface area (Å²) in [5.74, 6) is -0.843. The largest absolute Gasteiger partial charge is 0.462 e. The minimum absolute atomic E-state index is 0.155. The third-order valence-corrected chi connectivity index (χ3v) is 4.34. The lowest BCUT2D eigenvalue weighted by Crippen LogP contribution is -2.17. The molecule has 0 amide bonds. The van der Waals surface area contributed by atoms with Crippen molar-refractivity contribution in [2.75, 3.05) is 6.61 Å². The molecule has 2 aromatic rings. The van der Waals surface area contributed by atoms with E-state index >= 15 is 0 Å². The summed E-state index contributed by atoms with van der Waals surface area (Å²) in [5, 5.41) is 0. The van der Waals surface area contributed by atoms with E-state index in [-0.39, 0.29) is 17.9 Å². The smallest absolute Gasteiger partial charge is 0.417 e. The number of esters is 1. The molecule has 2 aromatic carbocycles. The second-order valence-electron chi connectivity index (χ2n) is 4.78. The number of carbonyl (C=O) groups excluding carboxylic acids is 1. The van der Waals surface area contributed by atoms with Gasteiger partial charge in [-0.3, -0.25) is 0 Å². The average Bonchev–Trinajstić information content (AvgIpc) is 2.54. The Bertz CT molecular complexity index is 858. The molecule has 0 radical (unpaired) electrons. The molecule has 2 rings (SSSR count). The number of hydrogen-bond acceptors (Lipinski definition) is 5. The first-order chi connectivity index (χ1) is 11.6. The monoisotopic (exact) mass is 374 g/mol. The lowest BCUT2D eigenvalue weighted by Gasteiger charge is -2.13. The number of halogens is 3. The third kappa shape index (κ3) is 4.50. The molecule has 0 atom stereocenters. The van der Waals surface area contributed by atoms with Crippen LogP contribution in [0.3, 0.4) is 0 Å². The Morgan fingerprint density at radius 1 is 1.04 bits per heavy atom. The van der Waals surface area contributed by atoms with Crippen molar-refractivity contribution in [2.45, 2.75) is 18.0 Å². The van der Waals surface area contributed by atoms with Gasteiger partial charge in [-0.2, -0.15) is 21.6 Å². The normalized spacial score (nSPS) is 11.8. The van der Waals surface area contributed by atoms with Gasteiger partial charge in [-0.1, -0.05) is 12.1 Å². The van der Waals surface area contributed by atoms with Gasteiger partial charge in [0, 0.05) is 0 Å². The zero-order chi connectivity index (χ0) is 18.7. The van der Waals surface area contributed by atoms with Crippen LogP contribution >= 0.6 is 0 Å². The van der Waals surface area contributed by atoms with Crippen molar-refractivity contribution in [1.29, 1.82) is 0 Å². The summed E-state index contributed by atoms with van der Waals surface area (Å²) in [6, 6.07) is 8.51. The first kappa shape index (κ1) is 18.8. The molecular formula is C16H13F3O5S. The van der Waals surface area contributed by atoms with Crippen LogP contribution in [0.2, 0.25) is 0 Å². The molecule has 0 unspecified atom stereocenters. The van der Waals surface area contributed by atoms with Gasteiger partial charge < -0.3 is 8.92 Å². The van der Waals surface area contributed by atoms with E-state index in [0.29, 0.717) is 6.07 Å². The zero-order valence-corrected chi connectivity index (χ0v) is 13.7. The Balaban J connectivity index is 2.30. The molecule has 0 saturated heterocycles. The highest BCUT2D eigenvalue weighted by Crippen LogP contribution is 2.34. The standard InChI is InChI=1S/C16H13F3O5S/c1-2-23-15(20)11-7-9-12(10-8-11)24-25(21,22)14-6-4-3-5-13(14)16(17,18)19/h3-10H,2H2,1H3. The maximum Gasteiger partial charge on any atom is 0.417 e. The van der Waals surface area contributed by atoms with Crippen molar-refractivity contribution in [2.24, 2.45) is 0 Å². The molecule has 0 heterocycles. The molecule has 0 aliphatic heterocycles. The predicted molar refractivity (Wildman–Crippen MR) is 81.7 cm³/mol. The molecule has 9 heteroatoms. The number of ether oxygens (including phenoxy) is 1. The van der Waals surface area contributed by atoms with Gasteiger partial charge in [0.15, 0.2) is 0 Å². The lowest BCUT2D eigenvalue weighted by atomic mass is 10.2. The Morgan fingerprint density at radius 3 is 2.20 bits per heavy atom. The maximum atomic E-state index is 13.0. The summed E-state index contributed by atoms with van der Waals surface area (Å²) in [5.41, 5.74) is -1.17. The molecule has 0 fully saturated rings. The Labute approximate surface area is 142 Å². The molecule has 0 bridgehead atoms. The number of alkyl halides is 3. The van der Waals surface area contributed by atoms with Gasteiger partial charge in [0.25, 0.3) is 0 Å². The first-order valence-corrected chi connectivity index (χ1v) is 8.44. The van der Waals surface area contributed by atoms with Crippen molar-refractivity contribution >= 4 is 16.1 Å². The van der Waals surface area contributed by atoms with Crippen molar-refractivity contribution in [1.82, 2.24) is 0 Å². The van der Waals surface area contributed by atoms with Gasteiger partial charge in [-0.05, 0) is 43.3 Å². The quantitative estimate of drug-likeness (QED) is 0.590. The van der Waals surface area contributed by atoms with Crippen LogP contribution in [0.4, 0.5) is 13.2 Å². The molecule has 5 nitrogen and oxygen atoms in total. The van der Waals surface area contributed by atoms with E-state index < -0.39 is 32.7 Å². The van der Waals surface area contributed by atoms with Gasteiger partial charge in [-0.15, -0.1) is 0 Å². The van der Waals surface area contributed by atoms with Crippen LogP contribution in [0.1, 0.15) is 22.8 Å². The van der Waals surface area contributed by atoms with Crippen LogP contribution in [0.5, 0.6) is 5.75 Å². The Morgan fingerprint density at radius 2 is 1.64 bits per heavy atom. The van der Waals surface area contributed by atoms with Gasteiger partial charge in [-0.25, -0.2) is 4.79 Å². The summed E-state index contributed by atoms with van der Waals surface area (Å²) in [6.45, 7) is 1.79. The highest BCUT2D eigenvalue weighted by Gasteiger charge is 2.37. The van der Waals surface area contributed by atoms with E-state index in [9.17, 15) is 26.4 Å². The number of hydrogen-bond donors (Lipinski definition) is 0. The Hall–Kier alpha value is -2.55. The molecule has 0 saturated carbocycles. The molecule has 134 valence electrons. The maximum absolute atomic E-state index is 13.0. The number of benzene rings is 2. The minimum Gasteiger partial charge on any atom is -0.462 e. The molecule has 0 aliphatic rings. The summed E-state index contributed by atoms with van der Waals surface area (Å²) in [7, 11) is -4.71.